The topological polar surface area (TPSA) is 12.5 Å². The predicted molar refractivity (Wildman–Crippen MR) is 101 cm³/mol. The molecule has 0 fully saturated rings. The molecule has 0 spiro atoms. The number of rotatable bonds is 8. The molecule has 0 N–H and O–H groups in total. The number of allylic oxidation sites excluding steroid dienone is 1. The fourth-order valence-electron chi connectivity index (χ4n) is 2.29. The number of benzene rings is 1. The lowest BCUT2D eigenvalue weighted by Crippen LogP contribution is -2.19. The van der Waals surface area contributed by atoms with Crippen molar-refractivity contribution < 1.29 is 4.74 Å². The van der Waals surface area contributed by atoms with Crippen LogP contribution in [0.25, 0.3) is 10.4 Å². The van der Waals surface area contributed by atoms with Gasteiger partial charge < -0.3 is 4.74 Å². The Kier molecular flexibility index (Phi) is 6.39. The van der Waals surface area contributed by atoms with Crippen LogP contribution >= 0.6 is 11.3 Å². The van der Waals surface area contributed by atoms with Crippen molar-refractivity contribution in [1.82, 2.24) is 4.90 Å². The lowest BCUT2D eigenvalue weighted by Gasteiger charge is -2.16. The lowest BCUT2D eigenvalue weighted by atomic mass is 10.2. The Labute approximate surface area is 143 Å². The van der Waals surface area contributed by atoms with Crippen molar-refractivity contribution in [3.05, 3.63) is 84.0 Å². The standard InChI is InChI=1S/C20H23NOS/c1-5-17(13-16(2)22-4)14-21(3)15-19-11-12-20(23-19)18-9-7-6-8-10-18/h5-13H,1-2,14-15H2,3-4H3/b17-13+. The van der Waals surface area contributed by atoms with Gasteiger partial charge >= 0.3 is 0 Å². The van der Waals surface area contributed by atoms with Gasteiger partial charge in [-0.2, -0.15) is 0 Å². The third kappa shape index (κ3) is 5.23. The minimum atomic E-state index is 0.649. The number of hydrogen-bond donors (Lipinski definition) is 0. The van der Waals surface area contributed by atoms with Gasteiger partial charge in [0, 0.05) is 22.8 Å². The Bertz CT molecular complexity index is 685. The van der Waals surface area contributed by atoms with Crippen LogP contribution in [-0.4, -0.2) is 25.6 Å². The van der Waals surface area contributed by atoms with Crippen molar-refractivity contribution in [3.8, 4) is 10.4 Å². The monoisotopic (exact) mass is 325 g/mol. The Morgan fingerprint density at radius 3 is 2.61 bits per heavy atom. The molecule has 0 aliphatic carbocycles. The number of hydrogen-bond acceptors (Lipinski definition) is 3. The van der Waals surface area contributed by atoms with Gasteiger partial charge in [0.1, 0.15) is 5.76 Å². The summed E-state index contributed by atoms with van der Waals surface area (Å²) < 4.78 is 5.10. The quantitative estimate of drug-likeness (QED) is 0.493. The van der Waals surface area contributed by atoms with Crippen LogP contribution in [0.2, 0.25) is 0 Å². The molecule has 23 heavy (non-hydrogen) atoms. The number of likely N-dealkylation sites (N-methyl/N-ethyl adjacent to an activating group) is 1. The summed E-state index contributed by atoms with van der Waals surface area (Å²) in [5.41, 5.74) is 2.37. The molecular weight excluding hydrogens is 302 g/mol. The lowest BCUT2D eigenvalue weighted by molar-refractivity contribution is 0.307. The van der Waals surface area contributed by atoms with E-state index in [9.17, 15) is 0 Å². The van der Waals surface area contributed by atoms with Crippen molar-refractivity contribution in [2.24, 2.45) is 0 Å². The van der Waals surface area contributed by atoms with E-state index in [-0.39, 0.29) is 0 Å². The maximum atomic E-state index is 5.10. The Morgan fingerprint density at radius 2 is 1.96 bits per heavy atom. The SMILES string of the molecule is C=C/C(=C\C(=C)OC)CN(C)Cc1ccc(-c2ccccc2)s1. The van der Waals surface area contributed by atoms with Crippen molar-refractivity contribution in [3.63, 3.8) is 0 Å². The summed E-state index contributed by atoms with van der Waals surface area (Å²) in [6, 6.07) is 14.9. The molecule has 0 aliphatic heterocycles. The molecule has 2 nitrogen and oxygen atoms in total. The summed E-state index contributed by atoms with van der Waals surface area (Å²) in [4.78, 5) is 4.92. The fourth-order valence-corrected chi connectivity index (χ4v) is 3.38. The first kappa shape index (κ1) is 17.3. The summed E-state index contributed by atoms with van der Waals surface area (Å²) in [7, 11) is 3.73. The average molecular weight is 325 g/mol. The molecule has 0 unspecified atom stereocenters. The van der Waals surface area contributed by atoms with E-state index in [1.165, 1.54) is 15.3 Å². The van der Waals surface area contributed by atoms with Crippen LogP contribution in [-0.2, 0) is 11.3 Å². The van der Waals surface area contributed by atoms with Crippen LogP contribution in [0.15, 0.2) is 79.1 Å². The van der Waals surface area contributed by atoms with Gasteiger partial charge in [-0.1, -0.05) is 49.6 Å². The normalized spacial score (nSPS) is 11.5. The molecule has 0 amide bonds. The van der Waals surface area contributed by atoms with E-state index in [1.807, 2.05) is 29.6 Å². The minimum absolute atomic E-state index is 0.649. The maximum Gasteiger partial charge on any atom is 0.112 e. The molecule has 0 bridgehead atoms. The van der Waals surface area contributed by atoms with E-state index < -0.39 is 0 Å². The molecule has 1 heterocycles. The van der Waals surface area contributed by atoms with Crippen LogP contribution in [0, 0.1) is 0 Å². The van der Waals surface area contributed by atoms with Gasteiger partial charge in [-0.05, 0) is 36.4 Å². The zero-order chi connectivity index (χ0) is 16.7. The van der Waals surface area contributed by atoms with Crippen molar-refractivity contribution >= 4 is 11.3 Å². The second-order valence-electron chi connectivity index (χ2n) is 5.40. The smallest absolute Gasteiger partial charge is 0.112 e. The van der Waals surface area contributed by atoms with Crippen molar-refractivity contribution in [2.45, 2.75) is 6.54 Å². The molecule has 3 heteroatoms. The van der Waals surface area contributed by atoms with Gasteiger partial charge in [-0.25, -0.2) is 0 Å². The molecule has 2 rings (SSSR count). The van der Waals surface area contributed by atoms with Crippen molar-refractivity contribution in [2.75, 3.05) is 20.7 Å². The fraction of sp³-hybridized carbons (Fsp3) is 0.200. The minimum Gasteiger partial charge on any atom is -0.497 e. The first-order chi connectivity index (χ1) is 11.1. The molecule has 0 saturated heterocycles. The molecule has 0 radical (unpaired) electrons. The predicted octanol–water partition coefficient (Wildman–Crippen LogP) is 5.12. The highest BCUT2D eigenvalue weighted by Gasteiger charge is 2.07. The molecule has 1 aromatic heterocycles. The maximum absolute atomic E-state index is 5.10. The van der Waals surface area contributed by atoms with Crippen LogP contribution in [0.4, 0.5) is 0 Å². The van der Waals surface area contributed by atoms with Gasteiger partial charge in [0.05, 0.1) is 7.11 Å². The molecule has 2 aromatic rings. The van der Waals surface area contributed by atoms with E-state index in [1.54, 1.807) is 7.11 Å². The Morgan fingerprint density at radius 1 is 1.22 bits per heavy atom. The van der Waals surface area contributed by atoms with E-state index in [4.69, 9.17) is 4.74 Å². The highest BCUT2D eigenvalue weighted by molar-refractivity contribution is 7.15. The highest BCUT2D eigenvalue weighted by Crippen LogP contribution is 2.28. The van der Waals surface area contributed by atoms with E-state index >= 15 is 0 Å². The summed E-state index contributed by atoms with van der Waals surface area (Å²) in [5.74, 6) is 0.649. The number of methoxy groups -OCH3 is 1. The average Bonchev–Trinajstić information content (AvgIpc) is 3.03. The summed E-state index contributed by atoms with van der Waals surface area (Å²) >= 11 is 1.84. The third-order valence-corrected chi connectivity index (χ3v) is 4.59. The molecule has 120 valence electrons. The van der Waals surface area contributed by atoms with Gasteiger partial charge in [-0.3, -0.25) is 4.90 Å². The van der Waals surface area contributed by atoms with Crippen LogP contribution < -0.4 is 0 Å². The second-order valence-corrected chi connectivity index (χ2v) is 6.57. The van der Waals surface area contributed by atoms with E-state index in [0.29, 0.717) is 5.76 Å². The molecule has 0 atom stereocenters. The number of ether oxygens (including phenoxy) is 1. The first-order valence-electron chi connectivity index (χ1n) is 7.51. The largest absolute Gasteiger partial charge is 0.497 e. The number of thiophene rings is 1. The summed E-state index contributed by atoms with van der Waals surface area (Å²) in [6.07, 6.45) is 3.78. The molecule has 0 saturated carbocycles. The second kappa shape index (κ2) is 8.51. The first-order valence-corrected chi connectivity index (χ1v) is 8.32. The number of nitrogens with zero attached hydrogens (tertiary/aromatic N) is 1. The van der Waals surface area contributed by atoms with Crippen LogP contribution in [0.3, 0.4) is 0 Å². The van der Waals surface area contributed by atoms with Gasteiger partial charge in [0.15, 0.2) is 0 Å². The van der Waals surface area contributed by atoms with Gasteiger partial charge in [0.25, 0.3) is 0 Å². The van der Waals surface area contributed by atoms with E-state index in [0.717, 1.165) is 18.7 Å². The molecular formula is C20H23NOS. The van der Waals surface area contributed by atoms with Gasteiger partial charge in [0.2, 0.25) is 0 Å². The van der Waals surface area contributed by atoms with Gasteiger partial charge in [-0.15, -0.1) is 11.3 Å². The van der Waals surface area contributed by atoms with Crippen molar-refractivity contribution in [1.29, 1.82) is 0 Å². The summed E-state index contributed by atoms with van der Waals surface area (Å²) in [5, 5.41) is 0. The summed E-state index contributed by atoms with van der Waals surface area (Å²) in [6.45, 7) is 9.40. The highest BCUT2D eigenvalue weighted by atomic mass is 32.1. The van der Waals surface area contributed by atoms with Crippen LogP contribution in [0.5, 0.6) is 0 Å². The zero-order valence-corrected chi connectivity index (χ0v) is 14.6. The zero-order valence-electron chi connectivity index (χ0n) is 13.8. The molecule has 1 aromatic carbocycles. The van der Waals surface area contributed by atoms with Crippen LogP contribution in [0.1, 0.15) is 4.88 Å². The van der Waals surface area contributed by atoms with E-state index in [2.05, 4.69) is 61.5 Å². The molecule has 0 aliphatic rings. The Hall–Kier alpha value is -2.10. The third-order valence-electron chi connectivity index (χ3n) is 3.47. The Balaban J connectivity index is 1.99.